The standard InChI is InChI=1S/C13H13N5OS/c1-19-10-4-2-9(3-5-10)12-11(8-14)16-17-18(12)13-15-6-7-20-13/h2-7H,8,14H2,1H3. The van der Waals surface area contributed by atoms with Crippen LogP contribution in [0.25, 0.3) is 16.4 Å². The first-order valence-corrected chi connectivity index (χ1v) is 6.90. The Labute approximate surface area is 119 Å². The van der Waals surface area contributed by atoms with Crippen molar-refractivity contribution < 1.29 is 4.74 Å². The van der Waals surface area contributed by atoms with E-state index in [9.17, 15) is 0 Å². The third kappa shape index (κ3) is 2.17. The Balaban J connectivity index is 2.13. The first kappa shape index (κ1) is 12.8. The number of hydrogen-bond donors (Lipinski definition) is 1. The van der Waals surface area contributed by atoms with E-state index >= 15 is 0 Å². The highest BCUT2D eigenvalue weighted by atomic mass is 32.1. The molecule has 0 saturated heterocycles. The van der Waals surface area contributed by atoms with Crippen LogP contribution in [-0.2, 0) is 6.54 Å². The van der Waals surface area contributed by atoms with Crippen molar-refractivity contribution in [2.45, 2.75) is 6.54 Å². The van der Waals surface area contributed by atoms with E-state index < -0.39 is 0 Å². The summed E-state index contributed by atoms with van der Waals surface area (Å²) < 4.78 is 6.89. The van der Waals surface area contributed by atoms with Crippen LogP contribution in [0.2, 0.25) is 0 Å². The lowest BCUT2D eigenvalue weighted by Crippen LogP contribution is -2.02. The zero-order valence-electron chi connectivity index (χ0n) is 10.9. The van der Waals surface area contributed by atoms with Crippen molar-refractivity contribution in [2.24, 2.45) is 5.73 Å². The van der Waals surface area contributed by atoms with Gasteiger partial charge in [-0.05, 0) is 24.3 Å². The van der Waals surface area contributed by atoms with Gasteiger partial charge in [-0.15, -0.1) is 16.4 Å². The molecule has 0 aliphatic carbocycles. The van der Waals surface area contributed by atoms with Crippen molar-refractivity contribution >= 4 is 11.3 Å². The first-order valence-electron chi connectivity index (χ1n) is 6.02. The lowest BCUT2D eigenvalue weighted by atomic mass is 10.1. The lowest BCUT2D eigenvalue weighted by molar-refractivity contribution is 0.415. The molecule has 2 N–H and O–H groups in total. The molecule has 1 aromatic carbocycles. The van der Waals surface area contributed by atoms with Crippen LogP contribution in [0.3, 0.4) is 0 Å². The maximum Gasteiger partial charge on any atom is 0.212 e. The summed E-state index contributed by atoms with van der Waals surface area (Å²) in [5.41, 5.74) is 8.34. The molecule has 2 heterocycles. The van der Waals surface area contributed by atoms with Gasteiger partial charge in [0.2, 0.25) is 5.13 Å². The van der Waals surface area contributed by atoms with E-state index in [1.165, 1.54) is 11.3 Å². The Kier molecular flexibility index (Phi) is 3.44. The van der Waals surface area contributed by atoms with Crippen molar-refractivity contribution in [3.8, 4) is 22.1 Å². The van der Waals surface area contributed by atoms with Gasteiger partial charge in [0.1, 0.15) is 17.1 Å². The van der Waals surface area contributed by atoms with E-state index in [-0.39, 0.29) is 0 Å². The van der Waals surface area contributed by atoms with Gasteiger partial charge in [-0.2, -0.15) is 4.68 Å². The number of thiazole rings is 1. The average molecular weight is 287 g/mol. The molecule has 7 heteroatoms. The van der Waals surface area contributed by atoms with Gasteiger partial charge in [-0.1, -0.05) is 5.21 Å². The van der Waals surface area contributed by atoms with Gasteiger partial charge >= 0.3 is 0 Å². The summed E-state index contributed by atoms with van der Waals surface area (Å²) in [4.78, 5) is 4.27. The van der Waals surface area contributed by atoms with Gasteiger partial charge in [0.25, 0.3) is 0 Å². The van der Waals surface area contributed by atoms with Gasteiger partial charge in [0.05, 0.1) is 7.11 Å². The predicted molar refractivity (Wildman–Crippen MR) is 76.9 cm³/mol. The zero-order valence-corrected chi connectivity index (χ0v) is 11.7. The lowest BCUT2D eigenvalue weighted by Gasteiger charge is -2.06. The summed E-state index contributed by atoms with van der Waals surface area (Å²) in [5.74, 6) is 0.802. The second kappa shape index (κ2) is 5.40. The molecule has 3 rings (SSSR count). The predicted octanol–water partition coefficient (Wildman–Crippen LogP) is 1.86. The van der Waals surface area contributed by atoms with Gasteiger partial charge in [-0.25, -0.2) is 4.98 Å². The molecule has 0 amide bonds. The zero-order chi connectivity index (χ0) is 13.9. The molecule has 0 unspecified atom stereocenters. The molecule has 0 radical (unpaired) electrons. The number of hydrogen-bond acceptors (Lipinski definition) is 6. The number of aromatic nitrogens is 4. The summed E-state index contributed by atoms with van der Waals surface area (Å²) >= 11 is 1.50. The van der Waals surface area contributed by atoms with Crippen molar-refractivity contribution in [2.75, 3.05) is 7.11 Å². The maximum atomic E-state index is 5.75. The molecular formula is C13H13N5OS. The van der Waals surface area contributed by atoms with Crippen LogP contribution in [-0.4, -0.2) is 27.1 Å². The molecule has 2 aromatic heterocycles. The van der Waals surface area contributed by atoms with Gasteiger partial charge in [0, 0.05) is 23.7 Å². The number of benzene rings is 1. The molecule has 0 saturated carbocycles. The second-order valence-corrected chi connectivity index (χ2v) is 4.92. The minimum atomic E-state index is 0.326. The van der Waals surface area contributed by atoms with Crippen LogP contribution >= 0.6 is 11.3 Å². The molecule has 0 spiro atoms. The number of methoxy groups -OCH3 is 1. The summed E-state index contributed by atoms with van der Waals surface area (Å²) in [7, 11) is 1.64. The SMILES string of the molecule is COc1ccc(-c2c(CN)nnn2-c2nccs2)cc1. The first-order chi connectivity index (χ1) is 9.83. The summed E-state index contributed by atoms with van der Waals surface area (Å²) in [6.45, 7) is 0.326. The van der Waals surface area contributed by atoms with Crippen LogP contribution in [0.5, 0.6) is 5.75 Å². The monoisotopic (exact) mass is 287 g/mol. The fourth-order valence-corrected chi connectivity index (χ4v) is 2.54. The van der Waals surface area contributed by atoms with E-state index in [1.54, 1.807) is 18.0 Å². The average Bonchev–Trinajstić information content (AvgIpc) is 3.15. The molecule has 3 aromatic rings. The molecule has 0 atom stereocenters. The Morgan fingerprint density at radius 1 is 1.30 bits per heavy atom. The highest BCUT2D eigenvalue weighted by Gasteiger charge is 2.16. The van der Waals surface area contributed by atoms with E-state index in [0.717, 1.165) is 27.8 Å². The molecule has 6 nitrogen and oxygen atoms in total. The third-order valence-corrected chi connectivity index (χ3v) is 3.64. The number of nitrogens with zero attached hydrogens (tertiary/aromatic N) is 4. The van der Waals surface area contributed by atoms with Gasteiger partial charge < -0.3 is 10.5 Å². The summed E-state index contributed by atoms with van der Waals surface area (Å²) in [6.07, 6.45) is 1.74. The summed E-state index contributed by atoms with van der Waals surface area (Å²) in [5, 5.41) is 11.0. The minimum Gasteiger partial charge on any atom is -0.497 e. The molecule has 0 aliphatic rings. The van der Waals surface area contributed by atoms with Crippen LogP contribution < -0.4 is 10.5 Å². The highest BCUT2D eigenvalue weighted by Crippen LogP contribution is 2.27. The van der Waals surface area contributed by atoms with E-state index in [0.29, 0.717) is 6.54 Å². The van der Waals surface area contributed by atoms with Crippen molar-refractivity contribution in [1.29, 1.82) is 0 Å². The van der Waals surface area contributed by atoms with Crippen LogP contribution in [0.4, 0.5) is 0 Å². The van der Waals surface area contributed by atoms with Crippen LogP contribution in [0.1, 0.15) is 5.69 Å². The number of nitrogens with two attached hydrogens (primary N) is 1. The molecule has 102 valence electrons. The van der Waals surface area contributed by atoms with E-state index in [4.69, 9.17) is 10.5 Å². The molecule has 0 aliphatic heterocycles. The van der Waals surface area contributed by atoms with Gasteiger partial charge in [0.15, 0.2) is 0 Å². The fourth-order valence-electron chi connectivity index (χ4n) is 1.94. The maximum absolute atomic E-state index is 5.75. The third-order valence-electron chi connectivity index (χ3n) is 2.90. The molecule has 0 fully saturated rings. The number of rotatable bonds is 4. The van der Waals surface area contributed by atoms with Crippen molar-refractivity contribution in [3.63, 3.8) is 0 Å². The smallest absolute Gasteiger partial charge is 0.212 e. The van der Waals surface area contributed by atoms with Crippen LogP contribution in [0.15, 0.2) is 35.8 Å². The highest BCUT2D eigenvalue weighted by molar-refractivity contribution is 7.12. The van der Waals surface area contributed by atoms with Crippen LogP contribution in [0, 0.1) is 0 Å². The van der Waals surface area contributed by atoms with E-state index in [1.807, 2.05) is 29.6 Å². The van der Waals surface area contributed by atoms with Gasteiger partial charge in [-0.3, -0.25) is 0 Å². The normalized spacial score (nSPS) is 10.7. The molecular weight excluding hydrogens is 274 g/mol. The molecule has 0 bridgehead atoms. The topological polar surface area (TPSA) is 78.9 Å². The Bertz CT molecular complexity index is 690. The second-order valence-electron chi connectivity index (χ2n) is 4.04. The van der Waals surface area contributed by atoms with E-state index in [2.05, 4.69) is 15.3 Å². The Morgan fingerprint density at radius 3 is 2.70 bits per heavy atom. The molecule has 20 heavy (non-hydrogen) atoms. The Morgan fingerprint density at radius 2 is 2.10 bits per heavy atom. The fraction of sp³-hybridized carbons (Fsp3) is 0.154. The minimum absolute atomic E-state index is 0.326. The van der Waals surface area contributed by atoms with Crippen molar-refractivity contribution in [1.82, 2.24) is 20.0 Å². The summed E-state index contributed by atoms with van der Waals surface area (Å²) in [6, 6.07) is 7.71. The quantitative estimate of drug-likeness (QED) is 0.792. The largest absolute Gasteiger partial charge is 0.497 e. The van der Waals surface area contributed by atoms with Crippen molar-refractivity contribution in [3.05, 3.63) is 41.5 Å². The number of ether oxygens (including phenoxy) is 1. The Hall–Kier alpha value is -2.25.